The van der Waals surface area contributed by atoms with Crippen molar-refractivity contribution in [3.63, 3.8) is 0 Å². The molecule has 5 heteroatoms. The summed E-state index contributed by atoms with van der Waals surface area (Å²) in [5, 5.41) is 0.556. The van der Waals surface area contributed by atoms with E-state index in [-0.39, 0.29) is 11.0 Å². The highest BCUT2D eigenvalue weighted by Gasteiger charge is 1.94. The van der Waals surface area contributed by atoms with Gasteiger partial charge in [0.1, 0.15) is 13.6 Å². The topological polar surface area (TPSA) is 72.2 Å². The maximum atomic E-state index is 5.66. The summed E-state index contributed by atoms with van der Waals surface area (Å²) in [4.78, 5) is 0. The van der Waals surface area contributed by atoms with E-state index in [1.54, 1.807) is 25.3 Å². The third kappa shape index (κ3) is 3.13. The summed E-state index contributed by atoms with van der Waals surface area (Å²) >= 11 is 5.66. The van der Waals surface area contributed by atoms with Crippen LogP contribution in [0, 0.1) is 0 Å². The van der Waals surface area contributed by atoms with Crippen LogP contribution < -0.4 is 10.2 Å². The molecular formula is C7H10BClO3. The quantitative estimate of drug-likeness (QED) is 0.547. The first-order valence-electron chi connectivity index (χ1n) is 2.83. The fourth-order valence-corrected chi connectivity index (χ4v) is 0.766. The molecule has 0 bridgehead atoms. The number of halogens is 1. The van der Waals surface area contributed by atoms with E-state index in [2.05, 4.69) is 0 Å². The maximum absolute atomic E-state index is 5.66. The van der Waals surface area contributed by atoms with Crippen LogP contribution in [-0.2, 0) is 0 Å². The number of benzene rings is 1. The minimum absolute atomic E-state index is 0. The smallest absolute Gasteiger partial charge is 0.118 e. The summed E-state index contributed by atoms with van der Waals surface area (Å²) in [5.74, 6) is 0.724. The molecule has 2 radical (unpaired) electrons. The molecule has 0 amide bonds. The van der Waals surface area contributed by atoms with Crippen LogP contribution in [0.5, 0.6) is 5.75 Å². The molecule has 0 spiro atoms. The molecule has 12 heavy (non-hydrogen) atoms. The molecule has 66 valence electrons. The third-order valence-electron chi connectivity index (χ3n) is 1.20. The number of ether oxygens (including phenoxy) is 1. The third-order valence-corrected chi connectivity index (χ3v) is 1.55. The van der Waals surface area contributed by atoms with Crippen LogP contribution in [0.15, 0.2) is 18.2 Å². The molecule has 1 rings (SSSR count). The van der Waals surface area contributed by atoms with Crippen molar-refractivity contribution in [2.45, 2.75) is 0 Å². The molecule has 3 nitrogen and oxygen atoms in total. The Morgan fingerprint density at radius 2 is 1.92 bits per heavy atom. The highest BCUT2D eigenvalue weighted by Crippen LogP contribution is 2.11. The lowest BCUT2D eigenvalue weighted by atomic mass is 9.96. The van der Waals surface area contributed by atoms with Crippen LogP contribution >= 0.6 is 11.6 Å². The first-order chi connectivity index (χ1) is 4.74. The Bertz CT molecular complexity index is 242. The van der Waals surface area contributed by atoms with E-state index in [0.717, 1.165) is 5.75 Å². The summed E-state index contributed by atoms with van der Waals surface area (Å²) in [6.45, 7) is 0. The van der Waals surface area contributed by atoms with Gasteiger partial charge in [-0.25, -0.2) is 0 Å². The molecule has 0 fully saturated rings. The van der Waals surface area contributed by atoms with Gasteiger partial charge >= 0.3 is 0 Å². The van der Waals surface area contributed by atoms with Crippen LogP contribution in [0.4, 0.5) is 0 Å². The summed E-state index contributed by atoms with van der Waals surface area (Å²) in [6, 6.07) is 5.15. The number of hydrogen-bond donors (Lipinski definition) is 0. The van der Waals surface area contributed by atoms with E-state index in [9.17, 15) is 0 Å². The van der Waals surface area contributed by atoms with Crippen LogP contribution in [0.3, 0.4) is 0 Å². The lowest BCUT2D eigenvalue weighted by Gasteiger charge is -2.01. The van der Waals surface area contributed by atoms with Gasteiger partial charge in [0.15, 0.2) is 0 Å². The predicted molar refractivity (Wildman–Crippen MR) is 50.6 cm³/mol. The largest absolute Gasteiger partial charge is 0.497 e. The Hall–Kier alpha value is -0.705. The van der Waals surface area contributed by atoms with Crippen molar-refractivity contribution in [2.75, 3.05) is 7.11 Å². The number of rotatable bonds is 1. The Balaban J connectivity index is 0. The molecule has 0 atom stereocenters. The Morgan fingerprint density at radius 1 is 1.33 bits per heavy atom. The van der Waals surface area contributed by atoms with Crippen molar-refractivity contribution in [3.05, 3.63) is 23.2 Å². The number of methoxy groups -OCH3 is 1. The SMILES string of the molecule is O.O.[B]c1cc(OC)ccc1Cl. The van der Waals surface area contributed by atoms with Crippen molar-refractivity contribution in [3.8, 4) is 5.75 Å². The Labute approximate surface area is 77.3 Å². The summed E-state index contributed by atoms with van der Waals surface area (Å²) in [7, 11) is 7.07. The van der Waals surface area contributed by atoms with Gasteiger partial charge in [-0.3, -0.25) is 0 Å². The van der Waals surface area contributed by atoms with Crippen molar-refractivity contribution in [1.82, 2.24) is 0 Å². The van der Waals surface area contributed by atoms with E-state index in [1.165, 1.54) is 0 Å². The molecule has 0 aliphatic carbocycles. The lowest BCUT2D eigenvalue weighted by molar-refractivity contribution is 0.415. The molecular weight excluding hydrogens is 178 g/mol. The van der Waals surface area contributed by atoms with Crippen molar-refractivity contribution < 1.29 is 15.7 Å². The molecule has 0 unspecified atom stereocenters. The van der Waals surface area contributed by atoms with Gasteiger partial charge in [-0.1, -0.05) is 17.1 Å². The molecule has 0 saturated carbocycles. The van der Waals surface area contributed by atoms with Crippen LogP contribution in [0.25, 0.3) is 0 Å². The fraction of sp³-hybridized carbons (Fsp3) is 0.143. The van der Waals surface area contributed by atoms with Gasteiger partial charge < -0.3 is 15.7 Å². The molecule has 4 N–H and O–H groups in total. The lowest BCUT2D eigenvalue weighted by Crippen LogP contribution is -2.03. The van der Waals surface area contributed by atoms with E-state index in [4.69, 9.17) is 24.2 Å². The van der Waals surface area contributed by atoms with E-state index >= 15 is 0 Å². The van der Waals surface area contributed by atoms with Gasteiger partial charge in [0, 0.05) is 5.02 Å². The van der Waals surface area contributed by atoms with E-state index in [1.807, 2.05) is 0 Å². The average Bonchev–Trinajstić information content (AvgIpc) is 1.95. The Morgan fingerprint density at radius 3 is 2.33 bits per heavy atom. The molecule has 1 aromatic rings. The second kappa shape index (κ2) is 5.88. The van der Waals surface area contributed by atoms with Crippen molar-refractivity contribution in [1.29, 1.82) is 0 Å². The second-order valence-electron chi connectivity index (χ2n) is 1.89. The van der Waals surface area contributed by atoms with Gasteiger partial charge in [-0.05, 0) is 18.2 Å². The molecule has 0 aromatic heterocycles. The number of hydrogen-bond acceptors (Lipinski definition) is 1. The minimum atomic E-state index is 0. The molecule has 0 aliphatic heterocycles. The summed E-state index contributed by atoms with van der Waals surface area (Å²) < 4.78 is 4.91. The van der Waals surface area contributed by atoms with E-state index < -0.39 is 0 Å². The van der Waals surface area contributed by atoms with Gasteiger partial charge in [-0.15, -0.1) is 0 Å². The predicted octanol–water partition coefficient (Wildman–Crippen LogP) is -0.507. The summed E-state index contributed by atoms with van der Waals surface area (Å²) in [6.07, 6.45) is 0. The average molecular weight is 188 g/mol. The van der Waals surface area contributed by atoms with Gasteiger partial charge in [-0.2, -0.15) is 0 Å². The second-order valence-corrected chi connectivity index (χ2v) is 2.29. The van der Waals surface area contributed by atoms with Crippen LogP contribution in [0.1, 0.15) is 0 Å². The van der Waals surface area contributed by atoms with Crippen molar-refractivity contribution >= 4 is 24.9 Å². The van der Waals surface area contributed by atoms with E-state index in [0.29, 0.717) is 10.5 Å². The zero-order valence-corrected chi connectivity index (χ0v) is 7.35. The van der Waals surface area contributed by atoms with Crippen LogP contribution in [-0.4, -0.2) is 25.9 Å². The summed E-state index contributed by atoms with van der Waals surface area (Å²) in [5.41, 5.74) is 0.543. The highest BCUT2D eigenvalue weighted by atomic mass is 35.5. The zero-order chi connectivity index (χ0) is 7.56. The molecule has 0 aliphatic rings. The first-order valence-corrected chi connectivity index (χ1v) is 3.21. The maximum Gasteiger partial charge on any atom is 0.118 e. The monoisotopic (exact) mass is 188 g/mol. The minimum Gasteiger partial charge on any atom is -0.497 e. The standard InChI is InChI=1S/C7H6BClO.2H2O/c1-10-5-2-3-7(9)6(8)4-5;;/h2-4H,1H3;2*1H2. The normalized spacial score (nSPS) is 7.83. The van der Waals surface area contributed by atoms with Crippen molar-refractivity contribution in [2.24, 2.45) is 0 Å². The van der Waals surface area contributed by atoms with Crippen LogP contribution in [0.2, 0.25) is 5.02 Å². The molecule has 1 aromatic carbocycles. The van der Waals surface area contributed by atoms with Gasteiger partial charge in [0.2, 0.25) is 0 Å². The first kappa shape index (κ1) is 13.9. The van der Waals surface area contributed by atoms with Gasteiger partial charge in [0.25, 0.3) is 0 Å². The highest BCUT2D eigenvalue weighted by molar-refractivity contribution is 6.45. The Kier molecular flexibility index (Phi) is 6.79. The fourth-order valence-electron chi connectivity index (χ4n) is 0.649. The molecule has 0 heterocycles. The zero-order valence-electron chi connectivity index (χ0n) is 6.60. The van der Waals surface area contributed by atoms with Gasteiger partial charge in [0.05, 0.1) is 7.11 Å². The molecule has 0 saturated heterocycles.